The van der Waals surface area contributed by atoms with E-state index in [-0.39, 0.29) is 18.0 Å². The van der Waals surface area contributed by atoms with Gasteiger partial charge in [0.1, 0.15) is 0 Å². The lowest BCUT2D eigenvalue weighted by molar-refractivity contribution is -0.122. The van der Waals surface area contributed by atoms with Crippen LogP contribution in [0.15, 0.2) is 28.7 Å². The molecule has 0 heterocycles. The zero-order valence-corrected chi connectivity index (χ0v) is 12.5. The fourth-order valence-electron chi connectivity index (χ4n) is 1.75. The summed E-state index contributed by atoms with van der Waals surface area (Å²) in [6.07, 6.45) is 2.08. The first kappa shape index (κ1) is 15.2. The molecule has 0 aliphatic carbocycles. The second kappa shape index (κ2) is 7.54. The SMILES string of the molecule is CCC(N)CC(=O)NC(CC)c1ccc(Br)cc1. The lowest BCUT2D eigenvalue weighted by atomic mass is 10.0. The predicted octanol–water partition coefficient (Wildman–Crippen LogP) is 3.14. The van der Waals surface area contributed by atoms with Crippen LogP contribution in [-0.2, 0) is 4.79 Å². The average molecular weight is 313 g/mol. The molecule has 4 heteroatoms. The minimum absolute atomic E-state index is 0.0270. The molecule has 3 N–H and O–H groups in total. The second-order valence-corrected chi connectivity index (χ2v) is 5.37. The van der Waals surface area contributed by atoms with E-state index >= 15 is 0 Å². The predicted molar refractivity (Wildman–Crippen MR) is 78.2 cm³/mol. The maximum absolute atomic E-state index is 11.8. The number of rotatable bonds is 6. The number of nitrogens with one attached hydrogen (secondary N) is 1. The minimum Gasteiger partial charge on any atom is -0.349 e. The number of amides is 1. The smallest absolute Gasteiger partial charge is 0.222 e. The number of carbonyl (C=O) groups excluding carboxylic acids is 1. The van der Waals surface area contributed by atoms with Gasteiger partial charge in [0.25, 0.3) is 0 Å². The zero-order valence-electron chi connectivity index (χ0n) is 10.9. The number of nitrogens with two attached hydrogens (primary N) is 1. The van der Waals surface area contributed by atoms with Crippen LogP contribution < -0.4 is 11.1 Å². The molecule has 100 valence electrons. The van der Waals surface area contributed by atoms with E-state index in [1.807, 2.05) is 31.2 Å². The number of benzene rings is 1. The maximum Gasteiger partial charge on any atom is 0.222 e. The van der Waals surface area contributed by atoms with Crippen molar-refractivity contribution in [2.24, 2.45) is 5.73 Å². The van der Waals surface area contributed by atoms with Gasteiger partial charge in [-0.15, -0.1) is 0 Å². The van der Waals surface area contributed by atoms with Crippen molar-refractivity contribution in [3.63, 3.8) is 0 Å². The third-order valence-corrected chi connectivity index (χ3v) is 3.52. The molecular weight excluding hydrogens is 292 g/mol. The average Bonchev–Trinajstić information content (AvgIpc) is 2.37. The molecule has 0 saturated carbocycles. The molecule has 1 amide bonds. The molecule has 0 radical (unpaired) electrons. The monoisotopic (exact) mass is 312 g/mol. The Bertz CT molecular complexity index is 378. The highest BCUT2D eigenvalue weighted by Crippen LogP contribution is 2.19. The quantitative estimate of drug-likeness (QED) is 0.847. The van der Waals surface area contributed by atoms with Crippen LogP contribution in [0.25, 0.3) is 0 Å². The Kier molecular flexibility index (Phi) is 6.36. The standard InChI is InChI=1S/C14H21BrN2O/c1-3-12(16)9-14(18)17-13(4-2)10-5-7-11(15)8-6-10/h5-8,12-13H,3-4,9,16H2,1-2H3,(H,17,18). The summed E-state index contributed by atoms with van der Waals surface area (Å²) in [4.78, 5) is 11.8. The van der Waals surface area contributed by atoms with E-state index in [1.54, 1.807) is 0 Å². The largest absolute Gasteiger partial charge is 0.349 e. The molecule has 1 aromatic rings. The molecule has 0 fully saturated rings. The zero-order chi connectivity index (χ0) is 13.5. The third-order valence-electron chi connectivity index (χ3n) is 2.99. The fourth-order valence-corrected chi connectivity index (χ4v) is 2.02. The van der Waals surface area contributed by atoms with Crippen LogP contribution in [0.1, 0.15) is 44.7 Å². The highest BCUT2D eigenvalue weighted by molar-refractivity contribution is 9.10. The molecule has 0 saturated heterocycles. The Morgan fingerprint density at radius 3 is 2.39 bits per heavy atom. The summed E-state index contributed by atoms with van der Waals surface area (Å²) in [5, 5.41) is 3.03. The summed E-state index contributed by atoms with van der Waals surface area (Å²) in [5.74, 6) is 0.0270. The van der Waals surface area contributed by atoms with E-state index < -0.39 is 0 Å². The lowest BCUT2D eigenvalue weighted by Gasteiger charge is -2.18. The van der Waals surface area contributed by atoms with Crippen LogP contribution in [0.4, 0.5) is 0 Å². The van der Waals surface area contributed by atoms with Crippen LogP contribution in [0.5, 0.6) is 0 Å². The summed E-state index contributed by atoms with van der Waals surface area (Å²) in [6.45, 7) is 4.05. The van der Waals surface area contributed by atoms with Crippen LogP contribution >= 0.6 is 15.9 Å². The van der Waals surface area contributed by atoms with E-state index in [4.69, 9.17) is 5.73 Å². The molecule has 0 aromatic heterocycles. The lowest BCUT2D eigenvalue weighted by Crippen LogP contribution is -2.33. The fraction of sp³-hybridized carbons (Fsp3) is 0.500. The van der Waals surface area contributed by atoms with Gasteiger partial charge < -0.3 is 11.1 Å². The minimum atomic E-state index is -0.0487. The molecule has 2 atom stereocenters. The number of hydrogen-bond acceptors (Lipinski definition) is 2. The van der Waals surface area contributed by atoms with Gasteiger partial charge in [-0.25, -0.2) is 0 Å². The second-order valence-electron chi connectivity index (χ2n) is 4.45. The van der Waals surface area contributed by atoms with Crippen LogP contribution in [0.3, 0.4) is 0 Å². The van der Waals surface area contributed by atoms with Gasteiger partial charge in [0.15, 0.2) is 0 Å². The van der Waals surface area contributed by atoms with Crippen molar-refractivity contribution in [3.8, 4) is 0 Å². The Balaban J connectivity index is 2.61. The van der Waals surface area contributed by atoms with Gasteiger partial charge in [0.2, 0.25) is 5.91 Å². The first-order chi connectivity index (χ1) is 8.56. The van der Waals surface area contributed by atoms with Crippen molar-refractivity contribution in [1.29, 1.82) is 0 Å². The summed E-state index contributed by atoms with van der Waals surface area (Å²) in [5.41, 5.74) is 6.91. The van der Waals surface area contributed by atoms with E-state index in [9.17, 15) is 4.79 Å². The molecule has 0 bridgehead atoms. The highest BCUT2D eigenvalue weighted by atomic mass is 79.9. The van der Waals surface area contributed by atoms with Gasteiger partial charge in [-0.3, -0.25) is 4.79 Å². The Morgan fingerprint density at radius 1 is 1.28 bits per heavy atom. The Morgan fingerprint density at radius 2 is 1.89 bits per heavy atom. The van der Waals surface area contributed by atoms with Gasteiger partial charge in [0, 0.05) is 16.9 Å². The van der Waals surface area contributed by atoms with E-state index in [1.165, 1.54) is 0 Å². The molecule has 0 aliphatic rings. The maximum atomic E-state index is 11.8. The molecule has 2 unspecified atom stereocenters. The Labute approximate surface area is 117 Å². The van der Waals surface area contributed by atoms with Crippen molar-refractivity contribution in [2.75, 3.05) is 0 Å². The van der Waals surface area contributed by atoms with E-state index in [2.05, 4.69) is 28.2 Å². The third kappa shape index (κ3) is 4.78. The molecule has 1 rings (SSSR count). The number of halogens is 1. The summed E-state index contributed by atoms with van der Waals surface area (Å²) in [7, 11) is 0. The topological polar surface area (TPSA) is 55.1 Å². The molecule has 3 nitrogen and oxygen atoms in total. The van der Waals surface area contributed by atoms with E-state index in [0.29, 0.717) is 6.42 Å². The van der Waals surface area contributed by atoms with Crippen LogP contribution in [0, 0.1) is 0 Å². The first-order valence-corrected chi connectivity index (χ1v) is 7.16. The normalized spacial score (nSPS) is 14.0. The van der Waals surface area contributed by atoms with Crippen LogP contribution in [0.2, 0.25) is 0 Å². The van der Waals surface area contributed by atoms with Crippen molar-refractivity contribution in [3.05, 3.63) is 34.3 Å². The van der Waals surface area contributed by atoms with E-state index in [0.717, 1.165) is 22.9 Å². The molecule has 0 spiro atoms. The highest BCUT2D eigenvalue weighted by Gasteiger charge is 2.14. The van der Waals surface area contributed by atoms with Crippen molar-refractivity contribution >= 4 is 21.8 Å². The van der Waals surface area contributed by atoms with Gasteiger partial charge in [-0.1, -0.05) is 41.9 Å². The molecule has 0 aliphatic heterocycles. The van der Waals surface area contributed by atoms with Crippen LogP contribution in [-0.4, -0.2) is 11.9 Å². The molecular formula is C14H21BrN2O. The van der Waals surface area contributed by atoms with Crippen molar-refractivity contribution < 1.29 is 4.79 Å². The number of carbonyl (C=O) groups is 1. The summed E-state index contributed by atoms with van der Waals surface area (Å²) < 4.78 is 1.04. The van der Waals surface area contributed by atoms with Crippen molar-refractivity contribution in [2.45, 2.75) is 45.2 Å². The number of hydrogen-bond donors (Lipinski definition) is 2. The first-order valence-electron chi connectivity index (χ1n) is 6.37. The van der Waals surface area contributed by atoms with Gasteiger partial charge in [-0.2, -0.15) is 0 Å². The molecule has 18 heavy (non-hydrogen) atoms. The van der Waals surface area contributed by atoms with Gasteiger partial charge in [-0.05, 0) is 30.5 Å². The Hall–Kier alpha value is -0.870. The van der Waals surface area contributed by atoms with Gasteiger partial charge >= 0.3 is 0 Å². The molecule has 1 aromatic carbocycles. The summed E-state index contributed by atoms with van der Waals surface area (Å²) >= 11 is 3.41. The summed E-state index contributed by atoms with van der Waals surface area (Å²) in [6, 6.07) is 8.04. The van der Waals surface area contributed by atoms with Gasteiger partial charge in [0.05, 0.1) is 6.04 Å². The van der Waals surface area contributed by atoms with Crippen molar-refractivity contribution in [1.82, 2.24) is 5.32 Å².